The van der Waals surface area contributed by atoms with Crippen LogP contribution < -0.4 is 5.32 Å². The molecule has 1 unspecified atom stereocenters. The number of hydrogen-bond acceptors (Lipinski definition) is 5. The zero-order valence-electron chi connectivity index (χ0n) is 12.0. The highest BCUT2D eigenvalue weighted by molar-refractivity contribution is 7.08. The molecule has 0 amide bonds. The van der Waals surface area contributed by atoms with E-state index < -0.39 is 0 Å². The van der Waals surface area contributed by atoms with Gasteiger partial charge < -0.3 is 15.4 Å². The van der Waals surface area contributed by atoms with Crippen molar-refractivity contribution in [2.45, 2.75) is 19.9 Å². The van der Waals surface area contributed by atoms with Crippen molar-refractivity contribution in [2.24, 2.45) is 5.92 Å². The zero-order valence-corrected chi connectivity index (χ0v) is 12.8. The Balaban J connectivity index is 2.00. The van der Waals surface area contributed by atoms with Crippen molar-refractivity contribution >= 4 is 28.2 Å². The summed E-state index contributed by atoms with van der Waals surface area (Å²) < 4.78 is 0. The average Bonchev–Trinajstić information content (AvgIpc) is 3.12. The summed E-state index contributed by atoms with van der Waals surface area (Å²) in [5.74, 6) is 1.07. The lowest BCUT2D eigenvalue weighted by atomic mass is 10.1. The first-order valence-electron chi connectivity index (χ1n) is 6.92. The summed E-state index contributed by atoms with van der Waals surface area (Å²) in [6, 6.07) is 4.09. The molecule has 110 valence electrons. The average molecular weight is 302 g/mol. The Kier molecular flexibility index (Phi) is 3.90. The number of anilines is 1. The minimum atomic E-state index is -0.0254. The van der Waals surface area contributed by atoms with Crippen LogP contribution in [0, 0.1) is 5.92 Å². The van der Waals surface area contributed by atoms with Crippen LogP contribution in [0.2, 0.25) is 0 Å². The fourth-order valence-corrected chi connectivity index (χ4v) is 2.88. The number of H-pyrrole nitrogens is 1. The van der Waals surface area contributed by atoms with Gasteiger partial charge in [0.2, 0.25) is 0 Å². The molecule has 0 spiro atoms. The molecular formula is C15H18N4OS. The Morgan fingerprint density at radius 1 is 1.38 bits per heavy atom. The molecule has 0 saturated carbocycles. The highest BCUT2D eigenvalue weighted by Gasteiger charge is 2.15. The highest BCUT2D eigenvalue weighted by Crippen LogP contribution is 2.28. The first kappa shape index (κ1) is 14.0. The standard InChI is InChI=1S/C15H18N4OS/c1-9(2)13(6-20)19-15-11-5-12(10-3-4-21-7-10)18-14(11)16-8-17-15/h3-5,7-9,13,20H,6H2,1-2H3,(H2,16,17,18,19). The second-order valence-corrected chi connectivity index (χ2v) is 6.14. The van der Waals surface area contributed by atoms with Crippen molar-refractivity contribution in [3.63, 3.8) is 0 Å². The molecule has 0 aromatic carbocycles. The lowest BCUT2D eigenvalue weighted by Gasteiger charge is -2.20. The van der Waals surface area contributed by atoms with E-state index in [0.717, 1.165) is 28.1 Å². The van der Waals surface area contributed by atoms with E-state index in [9.17, 15) is 5.11 Å². The normalized spacial score (nSPS) is 13.0. The second kappa shape index (κ2) is 5.83. The lowest BCUT2D eigenvalue weighted by molar-refractivity contribution is 0.249. The largest absolute Gasteiger partial charge is 0.394 e. The minimum Gasteiger partial charge on any atom is -0.394 e. The van der Waals surface area contributed by atoms with E-state index in [4.69, 9.17) is 0 Å². The fourth-order valence-electron chi connectivity index (χ4n) is 2.23. The predicted octanol–water partition coefficient (Wildman–Crippen LogP) is 3.12. The quantitative estimate of drug-likeness (QED) is 0.677. The van der Waals surface area contributed by atoms with Crippen molar-refractivity contribution in [2.75, 3.05) is 11.9 Å². The van der Waals surface area contributed by atoms with E-state index in [1.54, 1.807) is 11.3 Å². The van der Waals surface area contributed by atoms with Crippen molar-refractivity contribution < 1.29 is 5.11 Å². The van der Waals surface area contributed by atoms with Crippen molar-refractivity contribution in [1.82, 2.24) is 15.0 Å². The maximum absolute atomic E-state index is 9.47. The molecule has 3 aromatic rings. The van der Waals surface area contributed by atoms with Gasteiger partial charge in [0, 0.05) is 16.6 Å². The van der Waals surface area contributed by atoms with Crippen LogP contribution in [0.3, 0.4) is 0 Å². The monoisotopic (exact) mass is 302 g/mol. The van der Waals surface area contributed by atoms with Crippen LogP contribution in [0.1, 0.15) is 13.8 Å². The molecule has 21 heavy (non-hydrogen) atoms. The molecule has 1 atom stereocenters. The van der Waals surface area contributed by atoms with Gasteiger partial charge in [0.15, 0.2) is 0 Å². The fraction of sp³-hybridized carbons (Fsp3) is 0.333. The molecular weight excluding hydrogens is 284 g/mol. The smallest absolute Gasteiger partial charge is 0.143 e. The van der Waals surface area contributed by atoms with Gasteiger partial charge in [-0.15, -0.1) is 0 Å². The summed E-state index contributed by atoms with van der Waals surface area (Å²) in [6.07, 6.45) is 1.54. The summed E-state index contributed by atoms with van der Waals surface area (Å²) in [5, 5.41) is 17.9. The Labute approximate surface area is 127 Å². The van der Waals surface area contributed by atoms with Crippen LogP contribution >= 0.6 is 11.3 Å². The van der Waals surface area contributed by atoms with E-state index in [2.05, 4.69) is 51.6 Å². The molecule has 6 heteroatoms. The van der Waals surface area contributed by atoms with Gasteiger partial charge in [-0.2, -0.15) is 11.3 Å². The van der Waals surface area contributed by atoms with Crippen molar-refractivity contribution in [3.8, 4) is 11.3 Å². The zero-order chi connectivity index (χ0) is 14.8. The molecule has 0 fully saturated rings. The first-order chi connectivity index (χ1) is 10.2. The lowest BCUT2D eigenvalue weighted by Crippen LogP contribution is -2.29. The van der Waals surface area contributed by atoms with Gasteiger partial charge in [-0.05, 0) is 23.4 Å². The third kappa shape index (κ3) is 2.77. The second-order valence-electron chi connectivity index (χ2n) is 5.36. The summed E-state index contributed by atoms with van der Waals surface area (Å²) in [5.41, 5.74) is 2.97. The number of nitrogens with one attached hydrogen (secondary N) is 2. The third-order valence-corrected chi connectivity index (χ3v) is 4.26. The molecule has 3 aromatic heterocycles. The van der Waals surface area contributed by atoms with Crippen LogP contribution in [-0.2, 0) is 0 Å². The molecule has 0 radical (unpaired) electrons. The number of hydrogen-bond donors (Lipinski definition) is 3. The number of aliphatic hydroxyl groups excluding tert-OH is 1. The number of aliphatic hydroxyl groups is 1. The van der Waals surface area contributed by atoms with E-state index >= 15 is 0 Å². The maximum Gasteiger partial charge on any atom is 0.143 e. The van der Waals surface area contributed by atoms with Gasteiger partial charge >= 0.3 is 0 Å². The van der Waals surface area contributed by atoms with Crippen LogP contribution in [0.15, 0.2) is 29.2 Å². The van der Waals surface area contributed by atoms with Gasteiger partial charge in [-0.3, -0.25) is 0 Å². The van der Waals surface area contributed by atoms with E-state index in [1.807, 2.05) is 5.38 Å². The summed E-state index contributed by atoms with van der Waals surface area (Å²) in [4.78, 5) is 11.9. The predicted molar refractivity (Wildman–Crippen MR) is 86.5 cm³/mol. The van der Waals surface area contributed by atoms with Crippen LogP contribution in [0.4, 0.5) is 5.82 Å². The molecule has 0 aliphatic carbocycles. The molecule has 3 rings (SSSR count). The number of aromatic amines is 1. The van der Waals surface area contributed by atoms with Gasteiger partial charge in [-0.25, -0.2) is 9.97 Å². The molecule has 0 aliphatic rings. The molecule has 0 saturated heterocycles. The van der Waals surface area contributed by atoms with Gasteiger partial charge in [0.25, 0.3) is 0 Å². The van der Waals surface area contributed by atoms with E-state index in [-0.39, 0.29) is 12.6 Å². The molecule has 3 N–H and O–H groups in total. The highest BCUT2D eigenvalue weighted by atomic mass is 32.1. The Morgan fingerprint density at radius 3 is 2.90 bits per heavy atom. The molecule has 5 nitrogen and oxygen atoms in total. The van der Waals surface area contributed by atoms with E-state index in [0.29, 0.717) is 5.92 Å². The van der Waals surface area contributed by atoms with Gasteiger partial charge in [-0.1, -0.05) is 13.8 Å². The maximum atomic E-state index is 9.47. The Hall–Kier alpha value is -1.92. The number of rotatable bonds is 5. The number of aromatic nitrogens is 3. The van der Waals surface area contributed by atoms with Crippen molar-refractivity contribution in [1.29, 1.82) is 0 Å². The minimum absolute atomic E-state index is 0.0254. The molecule has 0 bridgehead atoms. The Bertz CT molecular complexity index is 720. The summed E-state index contributed by atoms with van der Waals surface area (Å²) in [7, 11) is 0. The van der Waals surface area contributed by atoms with E-state index in [1.165, 1.54) is 6.33 Å². The number of fused-ring (bicyclic) bond motifs is 1. The molecule has 0 aliphatic heterocycles. The topological polar surface area (TPSA) is 73.8 Å². The van der Waals surface area contributed by atoms with Gasteiger partial charge in [0.05, 0.1) is 18.0 Å². The SMILES string of the molecule is CC(C)C(CO)Nc1ncnc2[nH]c(-c3ccsc3)cc12. The number of thiophene rings is 1. The number of nitrogens with zero attached hydrogens (tertiary/aromatic N) is 2. The Morgan fingerprint density at radius 2 is 2.24 bits per heavy atom. The van der Waals surface area contributed by atoms with Crippen LogP contribution in [0.5, 0.6) is 0 Å². The summed E-state index contributed by atoms with van der Waals surface area (Å²) >= 11 is 1.66. The third-order valence-electron chi connectivity index (χ3n) is 3.58. The van der Waals surface area contributed by atoms with Gasteiger partial charge in [0.1, 0.15) is 17.8 Å². The van der Waals surface area contributed by atoms with Crippen LogP contribution in [0.25, 0.3) is 22.3 Å². The van der Waals surface area contributed by atoms with Crippen molar-refractivity contribution in [3.05, 3.63) is 29.2 Å². The van der Waals surface area contributed by atoms with Crippen LogP contribution in [-0.4, -0.2) is 32.7 Å². The molecule has 3 heterocycles. The summed E-state index contributed by atoms with van der Waals surface area (Å²) in [6.45, 7) is 4.21. The first-order valence-corrected chi connectivity index (χ1v) is 7.87.